The first-order valence-corrected chi connectivity index (χ1v) is 7.47. The van der Waals surface area contributed by atoms with Gasteiger partial charge in [-0.3, -0.25) is 4.79 Å². The number of thiocarbonyl (C=S) groups is 1. The molecule has 1 aromatic carbocycles. The summed E-state index contributed by atoms with van der Waals surface area (Å²) in [6.45, 7) is 4.06. The molecule has 0 unspecified atom stereocenters. The number of aryl methyl sites for hydroxylation is 1. The Morgan fingerprint density at radius 1 is 1.48 bits per heavy atom. The average Bonchev–Trinajstić information content (AvgIpc) is 2.87. The second-order valence-electron chi connectivity index (χ2n) is 5.02. The number of methoxy groups -OCH3 is 1. The third-order valence-corrected chi connectivity index (χ3v) is 3.67. The Bertz CT molecular complexity index is 534. The SMILES string of the molecule is COCCNC(=S)Nc1ccc(C)c(N2CCCC2=O)c1. The molecule has 0 radical (unpaired) electrons. The third kappa shape index (κ3) is 4.15. The number of nitrogens with one attached hydrogen (secondary N) is 2. The number of carbonyl (C=O) groups excluding carboxylic acids is 1. The van der Waals surface area contributed by atoms with Gasteiger partial charge in [-0.1, -0.05) is 6.07 Å². The summed E-state index contributed by atoms with van der Waals surface area (Å²) in [5.41, 5.74) is 2.93. The molecule has 0 aliphatic carbocycles. The van der Waals surface area contributed by atoms with Crippen molar-refractivity contribution in [3.63, 3.8) is 0 Å². The van der Waals surface area contributed by atoms with E-state index in [2.05, 4.69) is 10.6 Å². The summed E-state index contributed by atoms with van der Waals surface area (Å²) in [6.07, 6.45) is 1.56. The molecule has 0 aromatic heterocycles. The zero-order valence-corrected chi connectivity index (χ0v) is 13.3. The standard InChI is InChI=1S/C15H21N3O2S/c1-11-5-6-12(17-15(21)16-7-9-20-2)10-13(11)18-8-3-4-14(18)19/h5-6,10H,3-4,7-9H2,1-2H3,(H2,16,17,21). The van der Waals surface area contributed by atoms with Crippen molar-refractivity contribution in [3.8, 4) is 0 Å². The summed E-state index contributed by atoms with van der Waals surface area (Å²) in [7, 11) is 1.65. The summed E-state index contributed by atoms with van der Waals surface area (Å²) in [6, 6.07) is 5.94. The number of carbonyl (C=O) groups is 1. The zero-order chi connectivity index (χ0) is 15.2. The van der Waals surface area contributed by atoms with Crippen molar-refractivity contribution in [3.05, 3.63) is 23.8 Å². The van der Waals surface area contributed by atoms with Gasteiger partial charge in [0, 0.05) is 38.0 Å². The fourth-order valence-corrected chi connectivity index (χ4v) is 2.54. The Kier molecular flexibility index (Phi) is 5.52. The van der Waals surface area contributed by atoms with Crippen LogP contribution in [0.15, 0.2) is 18.2 Å². The highest BCUT2D eigenvalue weighted by atomic mass is 32.1. The minimum absolute atomic E-state index is 0.191. The molecule has 1 fully saturated rings. The maximum atomic E-state index is 11.9. The highest BCUT2D eigenvalue weighted by molar-refractivity contribution is 7.80. The van der Waals surface area contributed by atoms with Crippen LogP contribution in [0.3, 0.4) is 0 Å². The van der Waals surface area contributed by atoms with Crippen LogP contribution in [0.2, 0.25) is 0 Å². The monoisotopic (exact) mass is 307 g/mol. The number of amides is 1. The Morgan fingerprint density at radius 3 is 2.95 bits per heavy atom. The molecule has 5 nitrogen and oxygen atoms in total. The van der Waals surface area contributed by atoms with Gasteiger partial charge in [-0.15, -0.1) is 0 Å². The van der Waals surface area contributed by atoms with E-state index in [1.807, 2.05) is 30.0 Å². The predicted molar refractivity (Wildman–Crippen MR) is 88.9 cm³/mol. The van der Waals surface area contributed by atoms with Crippen LogP contribution in [-0.4, -0.2) is 37.8 Å². The molecular formula is C15H21N3O2S. The molecule has 2 N–H and O–H groups in total. The largest absolute Gasteiger partial charge is 0.383 e. The Morgan fingerprint density at radius 2 is 2.29 bits per heavy atom. The van der Waals surface area contributed by atoms with E-state index in [0.29, 0.717) is 24.7 Å². The van der Waals surface area contributed by atoms with Gasteiger partial charge < -0.3 is 20.3 Å². The molecule has 1 aliphatic heterocycles. The van der Waals surface area contributed by atoms with Gasteiger partial charge in [0.1, 0.15) is 0 Å². The summed E-state index contributed by atoms with van der Waals surface area (Å²) in [5.74, 6) is 0.191. The lowest BCUT2D eigenvalue weighted by molar-refractivity contribution is -0.117. The van der Waals surface area contributed by atoms with Gasteiger partial charge in [-0.05, 0) is 43.3 Å². The van der Waals surface area contributed by atoms with Gasteiger partial charge in [0.2, 0.25) is 5.91 Å². The number of ether oxygens (including phenoxy) is 1. The maximum Gasteiger partial charge on any atom is 0.227 e. The highest BCUT2D eigenvalue weighted by Gasteiger charge is 2.23. The number of rotatable bonds is 5. The van der Waals surface area contributed by atoms with Gasteiger partial charge in [-0.2, -0.15) is 0 Å². The molecule has 0 bridgehead atoms. The van der Waals surface area contributed by atoms with Gasteiger partial charge in [0.05, 0.1) is 6.61 Å². The zero-order valence-electron chi connectivity index (χ0n) is 12.4. The van der Waals surface area contributed by atoms with Crippen molar-refractivity contribution >= 4 is 34.6 Å². The Balaban J connectivity index is 2.04. The molecule has 1 amide bonds. The summed E-state index contributed by atoms with van der Waals surface area (Å²) < 4.78 is 4.96. The summed E-state index contributed by atoms with van der Waals surface area (Å²) >= 11 is 5.23. The lowest BCUT2D eigenvalue weighted by Gasteiger charge is -2.20. The molecule has 1 saturated heterocycles. The number of anilines is 2. The third-order valence-electron chi connectivity index (χ3n) is 3.42. The molecule has 21 heavy (non-hydrogen) atoms. The van der Waals surface area contributed by atoms with E-state index < -0.39 is 0 Å². The first-order chi connectivity index (χ1) is 10.1. The van der Waals surface area contributed by atoms with E-state index in [1.54, 1.807) is 7.11 Å². The molecule has 1 heterocycles. The van der Waals surface area contributed by atoms with Crippen LogP contribution in [0.1, 0.15) is 18.4 Å². The molecule has 2 rings (SSSR count). The van der Waals surface area contributed by atoms with Crippen molar-refractivity contribution < 1.29 is 9.53 Å². The van der Waals surface area contributed by atoms with Crippen molar-refractivity contribution in [1.82, 2.24) is 5.32 Å². The predicted octanol–water partition coefficient (Wildman–Crippen LogP) is 2.05. The quantitative estimate of drug-likeness (QED) is 0.644. The molecule has 0 atom stereocenters. The fourth-order valence-electron chi connectivity index (χ4n) is 2.32. The normalized spacial score (nSPS) is 14.4. The van der Waals surface area contributed by atoms with Crippen LogP contribution in [0, 0.1) is 6.92 Å². The van der Waals surface area contributed by atoms with E-state index >= 15 is 0 Å². The van der Waals surface area contributed by atoms with Gasteiger partial charge >= 0.3 is 0 Å². The van der Waals surface area contributed by atoms with Gasteiger partial charge in [0.25, 0.3) is 0 Å². The molecule has 1 aliphatic rings. The van der Waals surface area contributed by atoms with E-state index in [1.165, 1.54) is 0 Å². The molecule has 6 heteroatoms. The maximum absolute atomic E-state index is 11.9. The average molecular weight is 307 g/mol. The van der Waals surface area contributed by atoms with Crippen LogP contribution < -0.4 is 15.5 Å². The van der Waals surface area contributed by atoms with Crippen LogP contribution in [-0.2, 0) is 9.53 Å². The van der Waals surface area contributed by atoms with Crippen LogP contribution in [0.4, 0.5) is 11.4 Å². The van der Waals surface area contributed by atoms with Crippen LogP contribution in [0.5, 0.6) is 0 Å². The second-order valence-corrected chi connectivity index (χ2v) is 5.43. The Hall–Kier alpha value is -1.66. The first-order valence-electron chi connectivity index (χ1n) is 7.06. The topological polar surface area (TPSA) is 53.6 Å². The number of nitrogens with zero attached hydrogens (tertiary/aromatic N) is 1. The molecule has 114 valence electrons. The van der Waals surface area contributed by atoms with Gasteiger partial charge in [0.15, 0.2) is 5.11 Å². The molecular weight excluding hydrogens is 286 g/mol. The lowest BCUT2D eigenvalue weighted by Crippen LogP contribution is -2.31. The van der Waals surface area contributed by atoms with E-state index in [9.17, 15) is 4.79 Å². The second kappa shape index (κ2) is 7.38. The molecule has 0 saturated carbocycles. The summed E-state index contributed by atoms with van der Waals surface area (Å²) in [4.78, 5) is 13.7. The molecule has 1 aromatic rings. The fraction of sp³-hybridized carbons (Fsp3) is 0.467. The highest BCUT2D eigenvalue weighted by Crippen LogP contribution is 2.28. The van der Waals surface area contributed by atoms with Gasteiger partial charge in [-0.25, -0.2) is 0 Å². The number of benzene rings is 1. The van der Waals surface area contributed by atoms with Crippen molar-refractivity contribution in [2.24, 2.45) is 0 Å². The number of hydrogen-bond donors (Lipinski definition) is 2. The van der Waals surface area contributed by atoms with Crippen molar-refractivity contribution in [2.45, 2.75) is 19.8 Å². The van der Waals surface area contributed by atoms with E-state index in [4.69, 9.17) is 17.0 Å². The van der Waals surface area contributed by atoms with Crippen molar-refractivity contribution in [2.75, 3.05) is 37.0 Å². The first kappa shape index (κ1) is 15.7. The van der Waals surface area contributed by atoms with E-state index in [0.717, 1.165) is 29.9 Å². The molecule has 0 spiro atoms. The number of hydrogen-bond acceptors (Lipinski definition) is 3. The smallest absolute Gasteiger partial charge is 0.227 e. The van der Waals surface area contributed by atoms with Crippen LogP contribution >= 0.6 is 12.2 Å². The minimum Gasteiger partial charge on any atom is -0.383 e. The summed E-state index contributed by atoms with van der Waals surface area (Å²) in [5, 5.41) is 6.74. The van der Waals surface area contributed by atoms with Crippen LogP contribution in [0.25, 0.3) is 0 Å². The van der Waals surface area contributed by atoms with E-state index in [-0.39, 0.29) is 5.91 Å². The lowest BCUT2D eigenvalue weighted by atomic mass is 10.1. The van der Waals surface area contributed by atoms with Crippen molar-refractivity contribution in [1.29, 1.82) is 0 Å². The minimum atomic E-state index is 0.191. The Labute approximate surface area is 130 Å².